The van der Waals surface area contributed by atoms with Gasteiger partial charge < -0.3 is 0 Å². The minimum Gasteiger partial charge on any atom is -0.207 e. The van der Waals surface area contributed by atoms with Gasteiger partial charge in [-0.2, -0.15) is 4.31 Å². The van der Waals surface area contributed by atoms with Crippen molar-refractivity contribution in [1.29, 1.82) is 0 Å². The van der Waals surface area contributed by atoms with Gasteiger partial charge in [0.15, 0.2) is 0 Å². The van der Waals surface area contributed by atoms with Gasteiger partial charge in [-0.15, -0.1) is 11.6 Å². The van der Waals surface area contributed by atoms with Crippen LogP contribution in [0.1, 0.15) is 44.7 Å². The molecule has 0 bridgehead atoms. The molecule has 0 N–H and O–H groups in total. The minimum atomic E-state index is -3.44. The lowest BCUT2D eigenvalue weighted by Crippen LogP contribution is -2.35. The van der Waals surface area contributed by atoms with Crippen LogP contribution in [0.2, 0.25) is 0 Å². The summed E-state index contributed by atoms with van der Waals surface area (Å²) in [7, 11) is -1.80. The summed E-state index contributed by atoms with van der Waals surface area (Å²) < 4.78 is 26.7. The summed E-state index contributed by atoms with van der Waals surface area (Å²) in [4.78, 5) is 0.329. The molecule has 1 rings (SSSR count). The first-order chi connectivity index (χ1) is 9.38. The van der Waals surface area contributed by atoms with E-state index in [1.54, 1.807) is 19.2 Å². The summed E-state index contributed by atoms with van der Waals surface area (Å²) in [6.07, 6.45) is 2.67. The summed E-state index contributed by atoms with van der Waals surface area (Å²) in [6.45, 7) is 6.03. The lowest BCUT2D eigenvalue weighted by atomic mass is 10.1. The van der Waals surface area contributed by atoms with Crippen molar-refractivity contribution in [1.82, 2.24) is 4.31 Å². The fraction of sp³-hybridized carbons (Fsp3) is 0.600. The van der Waals surface area contributed by atoms with Gasteiger partial charge in [-0.05, 0) is 43.0 Å². The molecule has 0 aliphatic carbocycles. The Bertz CT molecular complexity index is 543. The lowest BCUT2D eigenvalue weighted by molar-refractivity contribution is 0.368. The third-order valence-electron chi connectivity index (χ3n) is 3.71. The molecular formula is C15H24ClNO2S. The summed E-state index contributed by atoms with van der Waals surface area (Å²) in [5.41, 5.74) is 2.00. The second-order valence-electron chi connectivity index (χ2n) is 5.08. The molecule has 1 aromatic rings. The van der Waals surface area contributed by atoms with Gasteiger partial charge >= 0.3 is 0 Å². The SMILES string of the molecule is CCCC(C)N(C)S(=O)(=O)c1ccc(CC)c(CCl)c1. The molecule has 0 aliphatic rings. The standard InChI is InChI=1S/C15H24ClNO2S/c1-5-7-12(3)17(4)20(18,19)15-9-8-13(6-2)14(10-15)11-16/h8-10,12H,5-7,11H2,1-4H3. The van der Waals surface area contributed by atoms with Crippen LogP contribution in [0, 0.1) is 0 Å². The average molecular weight is 318 g/mol. The Morgan fingerprint density at radius 3 is 2.40 bits per heavy atom. The van der Waals surface area contributed by atoms with Crippen LogP contribution in [0.3, 0.4) is 0 Å². The number of halogens is 1. The molecule has 20 heavy (non-hydrogen) atoms. The molecule has 0 aromatic heterocycles. The van der Waals surface area contributed by atoms with Gasteiger partial charge in [-0.3, -0.25) is 0 Å². The molecule has 0 heterocycles. The molecule has 5 heteroatoms. The maximum absolute atomic E-state index is 12.6. The number of benzene rings is 1. The summed E-state index contributed by atoms with van der Waals surface area (Å²) in [5, 5.41) is 0. The topological polar surface area (TPSA) is 37.4 Å². The van der Waals surface area contributed by atoms with Crippen LogP contribution in [0.4, 0.5) is 0 Å². The first kappa shape index (κ1) is 17.5. The highest BCUT2D eigenvalue weighted by atomic mass is 35.5. The Labute approximate surface area is 128 Å². The maximum Gasteiger partial charge on any atom is 0.243 e. The molecule has 114 valence electrons. The van der Waals surface area contributed by atoms with Crippen molar-refractivity contribution >= 4 is 21.6 Å². The van der Waals surface area contributed by atoms with Crippen LogP contribution in [0.15, 0.2) is 23.1 Å². The van der Waals surface area contributed by atoms with Crippen LogP contribution in [-0.4, -0.2) is 25.8 Å². The second-order valence-corrected chi connectivity index (χ2v) is 7.34. The second kappa shape index (κ2) is 7.43. The van der Waals surface area contributed by atoms with Gasteiger partial charge in [0.25, 0.3) is 0 Å². The quantitative estimate of drug-likeness (QED) is 0.717. The van der Waals surface area contributed by atoms with Crippen LogP contribution >= 0.6 is 11.6 Å². The fourth-order valence-electron chi connectivity index (χ4n) is 2.23. The molecule has 1 atom stereocenters. The van der Waals surface area contributed by atoms with Crippen molar-refractivity contribution in [2.45, 2.75) is 56.9 Å². The molecule has 1 aromatic carbocycles. The maximum atomic E-state index is 12.6. The van der Waals surface area contributed by atoms with Crippen molar-refractivity contribution < 1.29 is 8.42 Å². The van der Waals surface area contributed by atoms with Crippen molar-refractivity contribution in [3.8, 4) is 0 Å². The monoisotopic (exact) mass is 317 g/mol. The van der Waals surface area contributed by atoms with E-state index in [0.29, 0.717) is 10.8 Å². The van der Waals surface area contributed by atoms with Gasteiger partial charge in [0, 0.05) is 19.0 Å². The Morgan fingerprint density at radius 2 is 1.90 bits per heavy atom. The highest BCUT2D eigenvalue weighted by Gasteiger charge is 2.25. The largest absolute Gasteiger partial charge is 0.243 e. The summed E-state index contributed by atoms with van der Waals surface area (Å²) in [5.74, 6) is 0.334. The first-order valence-corrected chi connectivity index (χ1v) is 9.01. The van der Waals surface area contributed by atoms with E-state index in [-0.39, 0.29) is 6.04 Å². The van der Waals surface area contributed by atoms with E-state index in [1.165, 1.54) is 4.31 Å². The van der Waals surface area contributed by atoms with Crippen LogP contribution in [0.25, 0.3) is 0 Å². The van der Waals surface area contributed by atoms with E-state index >= 15 is 0 Å². The van der Waals surface area contributed by atoms with Gasteiger partial charge in [0.1, 0.15) is 0 Å². The van der Waals surface area contributed by atoms with Crippen molar-refractivity contribution in [3.63, 3.8) is 0 Å². The molecule has 0 amide bonds. The van der Waals surface area contributed by atoms with Crippen LogP contribution in [0.5, 0.6) is 0 Å². The van der Waals surface area contributed by atoms with Gasteiger partial charge in [0.2, 0.25) is 10.0 Å². The summed E-state index contributed by atoms with van der Waals surface area (Å²) in [6, 6.07) is 5.24. The zero-order chi connectivity index (χ0) is 15.3. The van der Waals surface area contributed by atoms with E-state index in [1.807, 2.05) is 19.9 Å². The van der Waals surface area contributed by atoms with E-state index < -0.39 is 10.0 Å². The van der Waals surface area contributed by atoms with Crippen LogP contribution in [-0.2, 0) is 22.3 Å². The predicted molar refractivity (Wildman–Crippen MR) is 84.7 cm³/mol. The smallest absolute Gasteiger partial charge is 0.207 e. The lowest BCUT2D eigenvalue weighted by Gasteiger charge is -2.24. The van der Waals surface area contributed by atoms with Gasteiger partial charge in [0.05, 0.1) is 4.90 Å². The number of hydrogen-bond donors (Lipinski definition) is 0. The van der Waals surface area contributed by atoms with Gasteiger partial charge in [-0.25, -0.2) is 8.42 Å². The van der Waals surface area contributed by atoms with Crippen molar-refractivity contribution in [2.75, 3.05) is 7.05 Å². The van der Waals surface area contributed by atoms with Gasteiger partial charge in [-0.1, -0.05) is 26.3 Å². The van der Waals surface area contributed by atoms with Crippen LogP contribution < -0.4 is 0 Å². The van der Waals surface area contributed by atoms with Crippen molar-refractivity contribution in [2.24, 2.45) is 0 Å². The number of alkyl halides is 1. The van der Waals surface area contributed by atoms with Crippen molar-refractivity contribution in [3.05, 3.63) is 29.3 Å². The fourth-order valence-corrected chi connectivity index (χ4v) is 3.93. The molecular weight excluding hydrogens is 294 g/mol. The average Bonchev–Trinajstić information content (AvgIpc) is 2.45. The predicted octanol–water partition coefficient (Wildman–Crippen LogP) is 3.80. The molecule has 3 nitrogen and oxygen atoms in total. The third-order valence-corrected chi connectivity index (χ3v) is 5.96. The zero-order valence-electron chi connectivity index (χ0n) is 12.7. The number of nitrogens with zero attached hydrogens (tertiary/aromatic N) is 1. The molecule has 0 spiro atoms. The first-order valence-electron chi connectivity index (χ1n) is 7.04. The minimum absolute atomic E-state index is 0.00435. The summed E-state index contributed by atoms with van der Waals surface area (Å²) >= 11 is 5.92. The Morgan fingerprint density at radius 1 is 1.25 bits per heavy atom. The molecule has 0 saturated carbocycles. The van der Waals surface area contributed by atoms with E-state index in [4.69, 9.17) is 11.6 Å². The molecule has 1 unspecified atom stereocenters. The molecule has 0 fully saturated rings. The number of sulfonamides is 1. The normalized spacial score (nSPS) is 13.7. The Balaban J connectivity index is 3.15. The Hall–Kier alpha value is -0.580. The molecule has 0 saturated heterocycles. The highest BCUT2D eigenvalue weighted by Crippen LogP contribution is 2.23. The number of hydrogen-bond acceptors (Lipinski definition) is 2. The van der Waals surface area contributed by atoms with E-state index in [9.17, 15) is 8.42 Å². The van der Waals surface area contributed by atoms with E-state index in [0.717, 1.165) is 30.4 Å². The zero-order valence-corrected chi connectivity index (χ0v) is 14.3. The number of rotatable bonds is 7. The highest BCUT2D eigenvalue weighted by molar-refractivity contribution is 7.89. The molecule has 0 aliphatic heterocycles. The number of aryl methyl sites for hydroxylation is 1. The van der Waals surface area contributed by atoms with E-state index in [2.05, 4.69) is 6.92 Å². The third kappa shape index (κ3) is 3.74. The molecule has 0 radical (unpaired) electrons. The Kier molecular flexibility index (Phi) is 6.49.